The number of nitrogen functional groups attached to an aromatic ring is 1. The molecule has 0 spiro atoms. The number of benzene rings is 2. The van der Waals surface area contributed by atoms with Crippen molar-refractivity contribution in [2.75, 3.05) is 23.4 Å². The van der Waals surface area contributed by atoms with E-state index in [4.69, 9.17) is 11.6 Å². The molecule has 0 aliphatic carbocycles. The Morgan fingerprint density at radius 1 is 1.26 bits per heavy atom. The van der Waals surface area contributed by atoms with E-state index in [1.807, 2.05) is 5.43 Å². The summed E-state index contributed by atoms with van der Waals surface area (Å²) >= 11 is 0.631. The lowest BCUT2D eigenvalue weighted by atomic mass is 10.0. The largest absolute Gasteiger partial charge is 0.477 e. The van der Waals surface area contributed by atoms with Gasteiger partial charge in [-0.3, -0.25) is 15.0 Å². The zero-order valence-corrected chi connectivity index (χ0v) is 18.4. The highest BCUT2D eigenvalue weighted by molar-refractivity contribution is 7.24. The van der Waals surface area contributed by atoms with Gasteiger partial charge in [0.15, 0.2) is 5.82 Å². The summed E-state index contributed by atoms with van der Waals surface area (Å²) < 4.78 is 74.6. The summed E-state index contributed by atoms with van der Waals surface area (Å²) in [6, 6.07) is 2.64. The lowest BCUT2D eigenvalue weighted by molar-refractivity contribution is -0.136. The summed E-state index contributed by atoms with van der Waals surface area (Å²) in [6.07, 6.45) is -4.88. The second-order valence-corrected chi connectivity index (χ2v) is 9.17. The molecule has 2 aromatic heterocycles. The summed E-state index contributed by atoms with van der Waals surface area (Å²) in [7, 11) is 0. The molecule has 0 amide bonds. The second-order valence-electron chi connectivity index (χ2n) is 8.14. The summed E-state index contributed by atoms with van der Waals surface area (Å²) in [5.41, 5.74) is 1.65. The van der Waals surface area contributed by atoms with E-state index in [9.17, 15) is 32.3 Å². The summed E-state index contributed by atoms with van der Waals surface area (Å²) in [5.74, 6) is 1.54. The predicted molar refractivity (Wildman–Crippen MR) is 121 cm³/mol. The fraction of sp³-hybridized carbons (Fsp3) is 0.238. The predicted octanol–water partition coefficient (Wildman–Crippen LogP) is 3.49. The molecule has 8 nitrogen and oxygen atoms in total. The topological polar surface area (TPSA) is 126 Å². The third-order valence-electron chi connectivity index (χ3n) is 6.03. The fourth-order valence-corrected chi connectivity index (χ4v) is 5.85. The van der Waals surface area contributed by atoms with Gasteiger partial charge in [-0.2, -0.15) is 13.2 Å². The van der Waals surface area contributed by atoms with Crippen molar-refractivity contribution in [1.82, 2.24) is 4.40 Å². The minimum absolute atomic E-state index is 0.00283. The molecule has 0 saturated carbocycles. The highest BCUT2D eigenvalue weighted by atomic mass is 32.1. The van der Waals surface area contributed by atoms with Gasteiger partial charge in [0.05, 0.1) is 26.8 Å². The number of nitrogens with one attached hydrogen (secondary N) is 1. The first-order chi connectivity index (χ1) is 16.5. The van der Waals surface area contributed by atoms with Crippen LogP contribution in [0.15, 0.2) is 23.0 Å². The molecule has 1 unspecified atom stereocenters. The molecule has 2 aromatic carbocycles. The van der Waals surface area contributed by atoms with Crippen LogP contribution in [0.5, 0.6) is 0 Å². The van der Waals surface area contributed by atoms with E-state index in [2.05, 4.69) is 0 Å². The number of halogens is 5. The summed E-state index contributed by atoms with van der Waals surface area (Å²) in [4.78, 5) is 26.1. The SMILES string of the molecule is NNc1c(F)c(N2CCC(N)C2)c(C(F)(F)F)c2c1c(=O)c(C(=O)O)c1sc3cc(F)ccc3n12. The van der Waals surface area contributed by atoms with Crippen LogP contribution in [0.25, 0.3) is 25.9 Å². The zero-order valence-electron chi connectivity index (χ0n) is 17.5. The first-order valence-corrected chi connectivity index (χ1v) is 11.0. The maximum atomic E-state index is 15.7. The molecule has 4 aromatic rings. The zero-order chi connectivity index (χ0) is 25.4. The number of carboxylic acids is 1. The standard InChI is InChI=1S/C21H16F5N5O3S/c22-7-1-2-9-10(5-7)35-19-12(20(33)34)18(32)11-15(29-28)14(23)17(30-4-3-8(27)6-30)13(21(24,25)26)16(11)31(9)19/h1-2,5,8,29H,3-4,6,27-28H2,(H,33,34). The maximum absolute atomic E-state index is 15.7. The Morgan fingerprint density at radius 2 is 1.97 bits per heavy atom. The molecule has 1 saturated heterocycles. The van der Waals surface area contributed by atoms with Gasteiger partial charge < -0.3 is 21.2 Å². The van der Waals surface area contributed by atoms with Crippen LogP contribution < -0.4 is 27.3 Å². The van der Waals surface area contributed by atoms with Gasteiger partial charge in [-0.1, -0.05) is 0 Å². The number of anilines is 2. The lowest BCUT2D eigenvalue weighted by Gasteiger charge is -2.27. The van der Waals surface area contributed by atoms with Crippen molar-refractivity contribution >= 4 is 54.6 Å². The van der Waals surface area contributed by atoms with E-state index >= 15 is 4.39 Å². The normalized spacial score (nSPS) is 16.7. The van der Waals surface area contributed by atoms with Crippen LogP contribution in [0, 0.1) is 11.6 Å². The van der Waals surface area contributed by atoms with Crippen LogP contribution in [0.2, 0.25) is 0 Å². The smallest absolute Gasteiger partial charge is 0.420 e. The van der Waals surface area contributed by atoms with Gasteiger partial charge in [-0.25, -0.2) is 13.6 Å². The van der Waals surface area contributed by atoms with Gasteiger partial charge in [-0.15, -0.1) is 11.3 Å². The van der Waals surface area contributed by atoms with Gasteiger partial charge in [0, 0.05) is 19.1 Å². The molecule has 14 heteroatoms. The molecule has 6 N–H and O–H groups in total. The number of aromatic nitrogens is 1. The van der Waals surface area contributed by atoms with Crippen molar-refractivity contribution in [2.45, 2.75) is 18.6 Å². The Labute approximate surface area is 196 Å². The molecule has 0 bridgehead atoms. The number of pyridine rings is 1. The van der Waals surface area contributed by atoms with E-state index in [0.717, 1.165) is 27.5 Å². The molecule has 1 aliphatic rings. The summed E-state index contributed by atoms with van der Waals surface area (Å²) in [6.45, 7) is -0.0755. The summed E-state index contributed by atoms with van der Waals surface area (Å²) in [5, 5.41) is 8.87. The lowest BCUT2D eigenvalue weighted by Crippen LogP contribution is -2.31. The van der Waals surface area contributed by atoms with Crippen molar-refractivity contribution in [3.05, 3.63) is 51.2 Å². The highest BCUT2D eigenvalue weighted by Crippen LogP contribution is 2.48. The third-order valence-corrected chi connectivity index (χ3v) is 7.16. The second kappa shape index (κ2) is 7.76. The molecular weight excluding hydrogens is 497 g/mol. The Balaban J connectivity index is 2.15. The van der Waals surface area contributed by atoms with Crippen LogP contribution >= 0.6 is 11.3 Å². The number of hydrogen-bond donors (Lipinski definition) is 4. The van der Waals surface area contributed by atoms with E-state index in [1.165, 1.54) is 0 Å². The number of nitrogens with two attached hydrogens (primary N) is 2. The molecule has 3 heterocycles. The number of carboxylic acid groups (broad SMARTS) is 1. The fourth-order valence-electron chi connectivity index (χ4n) is 4.64. The van der Waals surface area contributed by atoms with Gasteiger partial charge >= 0.3 is 12.1 Å². The number of fused-ring (bicyclic) bond motifs is 5. The van der Waals surface area contributed by atoms with Crippen LogP contribution in [0.4, 0.5) is 33.3 Å². The minimum Gasteiger partial charge on any atom is -0.477 e. The number of alkyl halides is 3. The Hall–Kier alpha value is -3.49. The van der Waals surface area contributed by atoms with Crippen molar-refractivity contribution in [1.29, 1.82) is 0 Å². The van der Waals surface area contributed by atoms with Gasteiger partial charge in [-0.05, 0) is 24.6 Å². The van der Waals surface area contributed by atoms with Gasteiger partial charge in [0.2, 0.25) is 5.43 Å². The van der Waals surface area contributed by atoms with E-state index in [0.29, 0.717) is 17.8 Å². The van der Waals surface area contributed by atoms with Crippen LogP contribution in [-0.2, 0) is 6.18 Å². The van der Waals surface area contributed by atoms with E-state index in [1.54, 1.807) is 0 Å². The quantitative estimate of drug-likeness (QED) is 0.188. The maximum Gasteiger partial charge on any atom is 0.420 e. The Morgan fingerprint density at radius 3 is 2.54 bits per heavy atom. The molecule has 0 radical (unpaired) electrons. The first-order valence-electron chi connectivity index (χ1n) is 10.2. The molecule has 1 atom stereocenters. The number of nitrogens with zero attached hydrogens (tertiary/aromatic N) is 2. The number of aromatic carboxylic acids is 1. The highest BCUT2D eigenvalue weighted by Gasteiger charge is 2.43. The molecule has 1 fully saturated rings. The molecule has 35 heavy (non-hydrogen) atoms. The average molecular weight is 513 g/mol. The van der Waals surface area contributed by atoms with E-state index < -0.39 is 68.7 Å². The van der Waals surface area contributed by atoms with Gasteiger partial charge in [0.1, 0.15) is 27.5 Å². The Kier molecular flexibility index (Phi) is 5.16. The number of hydrazine groups is 1. The van der Waals surface area contributed by atoms with Crippen molar-refractivity contribution in [3.8, 4) is 0 Å². The molecule has 5 rings (SSSR count). The first kappa shape index (κ1) is 23.3. The number of carbonyl (C=O) groups is 1. The number of rotatable bonds is 3. The van der Waals surface area contributed by atoms with Crippen molar-refractivity contribution in [2.24, 2.45) is 11.6 Å². The third kappa shape index (κ3) is 3.31. The van der Waals surface area contributed by atoms with E-state index in [-0.39, 0.29) is 28.1 Å². The van der Waals surface area contributed by atoms with Crippen molar-refractivity contribution in [3.63, 3.8) is 0 Å². The molecular formula is C21H16F5N5O3S. The number of hydrogen-bond acceptors (Lipinski definition) is 7. The average Bonchev–Trinajstić information content (AvgIpc) is 3.34. The molecule has 1 aliphatic heterocycles. The van der Waals surface area contributed by atoms with Crippen LogP contribution in [-0.4, -0.2) is 34.6 Å². The Bertz CT molecular complexity index is 1610. The van der Waals surface area contributed by atoms with Crippen LogP contribution in [0.3, 0.4) is 0 Å². The van der Waals surface area contributed by atoms with Gasteiger partial charge in [0.25, 0.3) is 0 Å². The van der Waals surface area contributed by atoms with Crippen LogP contribution in [0.1, 0.15) is 22.3 Å². The number of thiazole rings is 1. The van der Waals surface area contributed by atoms with Crippen molar-refractivity contribution < 1.29 is 31.9 Å². The molecule has 184 valence electrons. The monoisotopic (exact) mass is 513 g/mol. The minimum atomic E-state index is -5.18.